The molecule has 0 atom stereocenters. The lowest BCUT2D eigenvalue weighted by Gasteiger charge is -2.17. The summed E-state index contributed by atoms with van der Waals surface area (Å²) in [6.07, 6.45) is 3.69. The summed E-state index contributed by atoms with van der Waals surface area (Å²) in [5.41, 5.74) is 0.279. The van der Waals surface area contributed by atoms with Gasteiger partial charge >= 0.3 is 5.56 Å². The van der Waals surface area contributed by atoms with Crippen LogP contribution in [0.5, 0.6) is 5.75 Å². The van der Waals surface area contributed by atoms with E-state index in [4.69, 9.17) is 16.3 Å². The monoisotopic (exact) mass is 476 g/mol. The lowest BCUT2D eigenvalue weighted by Crippen LogP contribution is -2.24. The smallest absolute Gasteiger partial charge is 0.314 e. The number of benzene rings is 2. The summed E-state index contributed by atoms with van der Waals surface area (Å²) in [5.74, 6) is 0.0952. The maximum atomic E-state index is 13.3. The zero-order valence-electron chi connectivity index (χ0n) is 18.1. The SMILES string of the molecule is CC(C)(O)CCCOc1c(-c2ccc(S(C)(=O)=O)cc2)cnn(-c2ccc(Cl)cc2)c1=O. The molecule has 3 rings (SSSR count). The molecule has 0 saturated carbocycles. The van der Waals surface area contributed by atoms with Crippen molar-refractivity contribution in [1.29, 1.82) is 0 Å². The Kier molecular flexibility index (Phi) is 7.07. The number of nitrogens with zero attached hydrogens (tertiary/aromatic N) is 2. The van der Waals surface area contributed by atoms with Crippen LogP contribution in [-0.2, 0) is 9.84 Å². The Morgan fingerprint density at radius 3 is 2.28 bits per heavy atom. The molecular formula is C23H25ClN2O5S. The van der Waals surface area contributed by atoms with Gasteiger partial charge in [0.1, 0.15) is 0 Å². The van der Waals surface area contributed by atoms with Crippen LogP contribution in [0.4, 0.5) is 0 Å². The van der Waals surface area contributed by atoms with Crippen LogP contribution >= 0.6 is 11.6 Å². The van der Waals surface area contributed by atoms with Gasteiger partial charge in [-0.05, 0) is 68.7 Å². The minimum atomic E-state index is -3.35. The van der Waals surface area contributed by atoms with Gasteiger partial charge in [-0.15, -0.1) is 0 Å². The van der Waals surface area contributed by atoms with E-state index in [1.165, 1.54) is 23.0 Å². The molecule has 0 bridgehead atoms. The molecule has 0 fully saturated rings. The summed E-state index contributed by atoms with van der Waals surface area (Å²) < 4.78 is 30.6. The highest BCUT2D eigenvalue weighted by Crippen LogP contribution is 2.28. The van der Waals surface area contributed by atoms with Gasteiger partial charge in [-0.1, -0.05) is 23.7 Å². The summed E-state index contributed by atoms with van der Waals surface area (Å²) in [6.45, 7) is 3.64. The number of hydrogen-bond donors (Lipinski definition) is 1. The first-order chi connectivity index (χ1) is 15.0. The summed E-state index contributed by atoms with van der Waals surface area (Å²) in [5, 5.41) is 14.7. The van der Waals surface area contributed by atoms with Gasteiger partial charge in [0.05, 0.1) is 29.0 Å². The average Bonchev–Trinajstić information content (AvgIpc) is 2.71. The molecule has 1 heterocycles. The Labute approximate surface area is 192 Å². The molecule has 170 valence electrons. The number of sulfone groups is 1. The molecule has 0 aliphatic heterocycles. The van der Waals surface area contributed by atoms with Crippen LogP contribution in [0.25, 0.3) is 16.8 Å². The fourth-order valence-corrected chi connectivity index (χ4v) is 3.87. The second kappa shape index (κ2) is 9.44. The topological polar surface area (TPSA) is 98.5 Å². The molecule has 0 radical (unpaired) electrons. The van der Waals surface area contributed by atoms with E-state index in [2.05, 4.69) is 5.10 Å². The molecule has 0 saturated heterocycles. The van der Waals surface area contributed by atoms with Gasteiger partial charge in [0.25, 0.3) is 0 Å². The maximum Gasteiger partial charge on any atom is 0.314 e. The van der Waals surface area contributed by atoms with Crippen molar-refractivity contribution in [2.45, 2.75) is 37.2 Å². The standard InChI is InChI=1S/C23H25ClN2O5S/c1-23(2,28)13-4-14-31-21-20(16-5-11-19(12-6-16)32(3,29)30)15-25-26(22(21)27)18-9-7-17(24)8-10-18/h5-12,15,28H,4,13-14H2,1-3H3. The zero-order chi connectivity index (χ0) is 23.5. The first kappa shape index (κ1) is 24.0. The molecule has 0 aliphatic rings. The quantitative estimate of drug-likeness (QED) is 0.495. The first-order valence-corrected chi connectivity index (χ1v) is 12.3. The molecule has 7 nitrogen and oxygen atoms in total. The van der Waals surface area contributed by atoms with Crippen LogP contribution < -0.4 is 10.3 Å². The molecule has 9 heteroatoms. The number of aliphatic hydroxyl groups is 1. The maximum absolute atomic E-state index is 13.3. The van der Waals surface area contributed by atoms with Crippen molar-refractivity contribution in [3.05, 3.63) is 70.1 Å². The third-order valence-corrected chi connectivity index (χ3v) is 6.16. The van der Waals surface area contributed by atoms with Gasteiger partial charge in [-0.2, -0.15) is 9.78 Å². The van der Waals surface area contributed by atoms with Gasteiger partial charge in [-0.3, -0.25) is 4.79 Å². The van der Waals surface area contributed by atoms with Gasteiger partial charge in [0.2, 0.25) is 0 Å². The van der Waals surface area contributed by atoms with Gasteiger partial charge < -0.3 is 9.84 Å². The van der Waals surface area contributed by atoms with Crippen molar-refractivity contribution in [3.63, 3.8) is 0 Å². The molecule has 0 unspecified atom stereocenters. The average molecular weight is 477 g/mol. The van der Waals surface area contributed by atoms with Crippen molar-refractivity contribution in [2.75, 3.05) is 12.9 Å². The van der Waals surface area contributed by atoms with Crippen molar-refractivity contribution in [2.24, 2.45) is 0 Å². The number of aromatic nitrogens is 2. The highest BCUT2D eigenvalue weighted by Gasteiger charge is 2.18. The van der Waals surface area contributed by atoms with E-state index < -0.39 is 21.0 Å². The van der Waals surface area contributed by atoms with Crippen molar-refractivity contribution in [1.82, 2.24) is 9.78 Å². The van der Waals surface area contributed by atoms with Crippen LogP contribution in [0.1, 0.15) is 26.7 Å². The zero-order valence-corrected chi connectivity index (χ0v) is 19.7. The van der Waals surface area contributed by atoms with Crippen molar-refractivity contribution >= 4 is 21.4 Å². The molecule has 32 heavy (non-hydrogen) atoms. The van der Waals surface area contributed by atoms with Crippen LogP contribution in [0.15, 0.2) is 64.4 Å². The number of hydrogen-bond acceptors (Lipinski definition) is 6. The van der Waals surface area contributed by atoms with E-state index in [0.29, 0.717) is 34.7 Å². The fourth-order valence-electron chi connectivity index (χ4n) is 3.11. The Morgan fingerprint density at radius 2 is 1.72 bits per heavy atom. The molecule has 0 aliphatic carbocycles. The van der Waals surface area contributed by atoms with Crippen molar-refractivity contribution < 1.29 is 18.3 Å². The molecule has 1 aromatic heterocycles. The Morgan fingerprint density at radius 1 is 1.09 bits per heavy atom. The van der Waals surface area contributed by atoms with E-state index in [1.54, 1.807) is 50.2 Å². The number of halogens is 1. The van der Waals surface area contributed by atoms with E-state index in [-0.39, 0.29) is 17.3 Å². The predicted molar refractivity (Wildman–Crippen MR) is 124 cm³/mol. The number of ether oxygens (including phenoxy) is 1. The Balaban J connectivity index is 2.02. The molecule has 0 spiro atoms. The second-order valence-electron chi connectivity index (χ2n) is 8.14. The minimum Gasteiger partial charge on any atom is -0.487 e. The van der Waals surface area contributed by atoms with Crippen molar-refractivity contribution in [3.8, 4) is 22.6 Å². The van der Waals surface area contributed by atoms with E-state index in [1.807, 2.05) is 0 Å². The van der Waals surface area contributed by atoms with Gasteiger partial charge in [0, 0.05) is 16.8 Å². The molecular weight excluding hydrogens is 452 g/mol. The molecule has 2 aromatic carbocycles. The van der Waals surface area contributed by atoms with Crippen LogP contribution in [0.2, 0.25) is 5.02 Å². The lowest BCUT2D eigenvalue weighted by molar-refractivity contribution is 0.0640. The lowest BCUT2D eigenvalue weighted by atomic mass is 10.0. The largest absolute Gasteiger partial charge is 0.487 e. The third kappa shape index (κ3) is 5.97. The highest BCUT2D eigenvalue weighted by atomic mass is 35.5. The third-order valence-electron chi connectivity index (χ3n) is 4.78. The summed E-state index contributed by atoms with van der Waals surface area (Å²) in [6, 6.07) is 12.9. The molecule has 1 N–H and O–H groups in total. The number of rotatable bonds is 8. The van der Waals surface area contributed by atoms with Gasteiger partial charge in [0.15, 0.2) is 15.6 Å². The second-order valence-corrected chi connectivity index (χ2v) is 10.6. The summed E-state index contributed by atoms with van der Waals surface area (Å²) >= 11 is 5.95. The van der Waals surface area contributed by atoms with Crippen LogP contribution in [0, 0.1) is 0 Å². The molecule has 3 aromatic rings. The summed E-state index contributed by atoms with van der Waals surface area (Å²) in [4.78, 5) is 13.4. The van der Waals surface area contributed by atoms with Crippen LogP contribution in [0.3, 0.4) is 0 Å². The van der Waals surface area contributed by atoms with Gasteiger partial charge in [-0.25, -0.2) is 8.42 Å². The summed E-state index contributed by atoms with van der Waals surface area (Å²) in [7, 11) is -3.35. The highest BCUT2D eigenvalue weighted by molar-refractivity contribution is 7.90. The van der Waals surface area contributed by atoms with E-state index in [9.17, 15) is 18.3 Å². The minimum absolute atomic E-state index is 0.0952. The first-order valence-electron chi connectivity index (χ1n) is 10.00. The normalized spacial score (nSPS) is 12.0. The van der Waals surface area contributed by atoms with E-state index in [0.717, 1.165) is 6.26 Å². The van der Waals surface area contributed by atoms with E-state index >= 15 is 0 Å². The fraction of sp³-hybridized carbons (Fsp3) is 0.304. The molecule has 0 amide bonds. The predicted octanol–water partition coefficient (Wildman–Crippen LogP) is 3.89. The Hall–Kier alpha value is -2.68. The Bertz CT molecular complexity index is 1250. The van der Waals surface area contributed by atoms with Crippen LogP contribution in [-0.4, -0.2) is 41.8 Å².